The Labute approximate surface area is 92.9 Å². The van der Waals surface area contributed by atoms with E-state index in [2.05, 4.69) is 22.0 Å². The van der Waals surface area contributed by atoms with E-state index in [0.717, 1.165) is 20.8 Å². The van der Waals surface area contributed by atoms with Crippen LogP contribution in [0.5, 0.6) is 0 Å². The highest BCUT2D eigenvalue weighted by Crippen LogP contribution is 2.32. The minimum absolute atomic E-state index is 0.556. The molecule has 1 heterocycles. The largest absolute Gasteiger partial charge is 0.298 e. The monoisotopic (exact) mass is 265 g/mol. The van der Waals surface area contributed by atoms with Gasteiger partial charge in [-0.05, 0) is 12.1 Å². The second-order valence-electron chi connectivity index (χ2n) is 2.71. The van der Waals surface area contributed by atoms with Crippen LogP contribution >= 0.6 is 27.3 Å². The summed E-state index contributed by atoms with van der Waals surface area (Å²) >= 11 is 4.76. The zero-order chi connectivity index (χ0) is 10.1. The summed E-state index contributed by atoms with van der Waals surface area (Å²) in [4.78, 5) is 10.9. The normalized spacial score (nSPS) is 10.0. The first-order valence-corrected chi connectivity index (χ1v) is 5.50. The molecular formula is C10H4BrNOS. The second kappa shape index (κ2) is 3.52. The predicted octanol–water partition coefficient (Wildman–Crippen LogP) is 3.35. The molecular weight excluding hydrogens is 262 g/mol. The molecule has 4 heteroatoms. The highest BCUT2D eigenvalue weighted by molar-refractivity contribution is 9.10. The van der Waals surface area contributed by atoms with E-state index in [0.29, 0.717) is 11.1 Å². The van der Waals surface area contributed by atoms with Gasteiger partial charge in [-0.2, -0.15) is 5.26 Å². The number of hydrogen-bond acceptors (Lipinski definition) is 3. The number of rotatable bonds is 1. The first-order chi connectivity index (χ1) is 6.77. The fourth-order valence-corrected chi connectivity index (χ4v) is 2.65. The molecule has 1 aromatic heterocycles. The van der Waals surface area contributed by atoms with Crippen molar-refractivity contribution in [1.29, 1.82) is 5.26 Å². The van der Waals surface area contributed by atoms with E-state index in [-0.39, 0.29) is 0 Å². The molecule has 0 saturated carbocycles. The highest BCUT2D eigenvalue weighted by Gasteiger charge is 2.10. The Morgan fingerprint density at radius 2 is 2.29 bits per heavy atom. The number of thiophene rings is 1. The van der Waals surface area contributed by atoms with Gasteiger partial charge in [-0.1, -0.05) is 15.9 Å². The van der Waals surface area contributed by atoms with Crippen LogP contribution in [-0.4, -0.2) is 6.29 Å². The van der Waals surface area contributed by atoms with Gasteiger partial charge in [-0.3, -0.25) is 4.79 Å². The van der Waals surface area contributed by atoms with Crippen LogP contribution in [-0.2, 0) is 0 Å². The third kappa shape index (κ3) is 1.26. The van der Waals surface area contributed by atoms with Crippen molar-refractivity contribution < 1.29 is 4.79 Å². The third-order valence-electron chi connectivity index (χ3n) is 1.97. The molecule has 0 radical (unpaired) electrons. The molecule has 0 aliphatic heterocycles. The fourth-order valence-electron chi connectivity index (χ4n) is 1.33. The van der Waals surface area contributed by atoms with Gasteiger partial charge >= 0.3 is 0 Å². The summed E-state index contributed by atoms with van der Waals surface area (Å²) in [7, 11) is 0. The predicted molar refractivity (Wildman–Crippen MR) is 59.6 cm³/mol. The Morgan fingerprint density at radius 1 is 1.50 bits per heavy atom. The van der Waals surface area contributed by atoms with Crippen LogP contribution in [0.25, 0.3) is 10.1 Å². The van der Waals surface area contributed by atoms with Gasteiger partial charge < -0.3 is 0 Å². The molecule has 2 aromatic rings. The molecule has 0 bridgehead atoms. The standard InChI is InChI=1S/C10H4BrNOS/c11-8-1-2-9-10(7(8)4-13)6(3-12)5-14-9/h1-2,4-5H. The van der Waals surface area contributed by atoms with Crippen molar-refractivity contribution in [2.24, 2.45) is 0 Å². The summed E-state index contributed by atoms with van der Waals surface area (Å²) in [5, 5.41) is 11.4. The average Bonchev–Trinajstić information content (AvgIpc) is 2.61. The zero-order valence-corrected chi connectivity index (χ0v) is 9.35. The molecule has 0 amide bonds. The molecule has 0 saturated heterocycles. The smallest absolute Gasteiger partial charge is 0.151 e. The van der Waals surface area contributed by atoms with Crippen LogP contribution < -0.4 is 0 Å². The Balaban J connectivity index is 2.97. The molecule has 68 valence electrons. The zero-order valence-electron chi connectivity index (χ0n) is 6.95. The van der Waals surface area contributed by atoms with Crippen molar-refractivity contribution in [3.8, 4) is 6.07 Å². The third-order valence-corrected chi connectivity index (χ3v) is 3.60. The summed E-state index contributed by atoms with van der Waals surface area (Å²) in [6, 6.07) is 5.81. The lowest BCUT2D eigenvalue weighted by Gasteiger charge is -1.98. The molecule has 2 nitrogen and oxygen atoms in total. The Bertz CT molecular complexity index is 553. The highest BCUT2D eigenvalue weighted by atomic mass is 79.9. The fraction of sp³-hybridized carbons (Fsp3) is 0. The van der Waals surface area contributed by atoms with Crippen LogP contribution in [0.4, 0.5) is 0 Å². The number of nitrogens with zero attached hydrogens (tertiary/aromatic N) is 1. The first-order valence-electron chi connectivity index (χ1n) is 3.83. The maximum atomic E-state index is 10.9. The maximum absolute atomic E-state index is 10.9. The number of aldehydes is 1. The minimum atomic E-state index is 0.556. The van der Waals surface area contributed by atoms with Gasteiger partial charge in [0.2, 0.25) is 0 Å². The van der Waals surface area contributed by atoms with Gasteiger partial charge in [0.15, 0.2) is 6.29 Å². The summed E-state index contributed by atoms with van der Waals surface area (Å²) in [5.41, 5.74) is 1.12. The summed E-state index contributed by atoms with van der Waals surface area (Å²) in [6.45, 7) is 0. The topological polar surface area (TPSA) is 40.9 Å². The number of benzene rings is 1. The number of hydrogen-bond donors (Lipinski definition) is 0. The van der Waals surface area contributed by atoms with E-state index in [1.54, 1.807) is 5.38 Å². The van der Waals surface area contributed by atoms with Crippen LogP contribution in [0, 0.1) is 11.3 Å². The van der Waals surface area contributed by atoms with Crippen LogP contribution in [0.3, 0.4) is 0 Å². The molecule has 0 N–H and O–H groups in total. The average molecular weight is 266 g/mol. The van der Waals surface area contributed by atoms with Gasteiger partial charge in [-0.25, -0.2) is 0 Å². The summed E-state index contributed by atoms with van der Waals surface area (Å²) in [6.07, 6.45) is 0.778. The van der Waals surface area contributed by atoms with E-state index >= 15 is 0 Å². The molecule has 0 aliphatic rings. The van der Waals surface area contributed by atoms with Crippen molar-refractivity contribution >= 4 is 43.6 Å². The second-order valence-corrected chi connectivity index (χ2v) is 4.48. The van der Waals surface area contributed by atoms with Crippen molar-refractivity contribution in [1.82, 2.24) is 0 Å². The molecule has 1 aromatic carbocycles. The Hall–Kier alpha value is -1.18. The van der Waals surface area contributed by atoms with E-state index < -0.39 is 0 Å². The van der Waals surface area contributed by atoms with Gasteiger partial charge in [-0.15, -0.1) is 11.3 Å². The number of halogens is 1. The van der Waals surface area contributed by atoms with Crippen molar-refractivity contribution in [2.75, 3.05) is 0 Å². The molecule has 2 rings (SSSR count). The van der Waals surface area contributed by atoms with Crippen LogP contribution in [0.2, 0.25) is 0 Å². The number of carbonyl (C=O) groups is 1. The molecule has 0 atom stereocenters. The molecule has 0 unspecified atom stereocenters. The van der Waals surface area contributed by atoms with Gasteiger partial charge in [0.05, 0.1) is 5.56 Å². The van der Waals surface area contributed by atoms with Crippen molar-refractivity contribution in [3.63, 3.8) is 0 Å². The molecule has 0 fully saturated rings. The molecule has 0 spiro atoms. The molecule has 14 heavy (non-hydrogen) atoms. The molecule has 0 aliphatic carbocycles. The maximum Gasteiger partial charge on any atom is 0.151 e. The quantitative estimate of drug-likeness (QED) is 0.742. The van der Waals surface area contributed by atoms with Crippen LogP contribution in [0.15, 0.2) is 22.0 Å². The van der Waals surface area contributed by atoms with E-state index in [1.165, 1.54) is 11.3 Å². The van der Waals surface area contributed by atoms with Crippen molar-refractivity contribution in [3.05, 3.63) is 33.1 Å². The number of carbonyl (C=O) groups excluding carboxylic acids is 1. The first kappa shape index (κ1) is 9.38. The van der Waals surface area contributed by atoms with Crippen LogP contribution in [0.1, 0.15) is 15.9 Å². The SMILES string of the molecule is N#Cc1csc2ccc(Br)c(C=O)c12. The lowest BCUT2D eigenvalue weighted by atomic mass is 10.1. The number of nitriles is 1. The van der Waals surface area contributed by atoms with Crippen molar-refractivity contribution in [2.45, 2.75) is 0 Å². The summed E-state index contributed by atoms with van der Waals surface area (Å²) in [5.74, 6) is 0. The lowest BCUT2D eigenvalue weighted by Crippen LogP contribution is -1.84. The Morgan fingerprint density at radius 3 is 2.93 bits per heavy atom. The van der Waals surface area contributed by atoms with E-state index in [4.69, 9.17) is 5.26 Å². The van der Waals surface area contributed by atoms with E-state index in [1.807, 2.05) is 12.1 Å². The lowest BCUT2D eigenvalue weighted by molar-refractivity contribution is 0.112. The minimum Gasteiger partial charge on any atom is -0.298 e. The number of fused-ring (bicyclic) bond motifs is 1. The van der Waals surface area contributed by atoms with Gasteiger partial charge in [0, 0.05) is 25.5 Å². The van der Waals surface area contributed by atoms with E-state index in [9.17, 15) is 4.79 Å². The summed E-state index contributed by atoms with van der Waals surface area (Å²) < 4.78 is 1.70. The Kier molecular flexibility index (Phi) is 2.36. The van der Waals surface area contributed by atoms with Gasteiger partial charge in [0.25, 0.3) is 0 Å². The van der Waals surface area contributed by atoms with Gasteiger partial charge in [0.1, 0.15) is 6.07 Å².